The number of benzene rings is 2. The Labute approximate surface area is 225 Å². The zero-order valence-electron chi connectivity index (χ0n) is 21.5. The highest BCUT2D eigenvalue weighted by Crippen LogP contribution is 2.25. The van der Waals surface area contributed by atoms with Crippen molar-refractivity contribution >= 4 is 46.7 Å². The van der Waals surface area contributed by atoms with Gasteiger partial charge in [-0.15, -0.1) is 0 Å². The predicted octanol–water partition coefficient (Wildman–Crippen LogP) is 5.50. The molecule has 1 unspecified atom stereocenters. The van der Waals surface area contributed by atoms with Crippen molar-refractivity contribution in [2.24, 2.45) is 0 Å². The van der Waals surface area contributed by atoms with Crippen molar-refractivity contribution < 1.29 is 19.1 Å². The summed E-state index contributed by atoms with van der Waals surface area (Å²) in [5.41, 5.74) is 2.65. The van der Waals surface area contributed by atoms with Crippen molar-refractivity contribution in [1.29, 1.82) is 0 Å². The van der Waals surface area contributed by atoms with Crippen LogP contribution in [-0.4, -0.2) is 53.1 Å². The second-order valence-electron chi connectivity index (χ2n) is 10.1. The molecule has 0 amide bonds. The van der Waals surface area contributed by atoms with Gasteiger partial charge in [-0.2, -0.15) is 10.2 Å². The number of ether oxygens (including phenoxy) is 2. The minimum Gasteiger partial charge on any atom is -0.467 e. The SMILES string of the molecule is COC(=O)C(c1ccccc1)n1cc(CC(=O)c2nn(COCC[Si](C)(C)C)c3cc(Br)ccc23)cn1. The molecule has 0 spiro atoms. The first-order chi connectivity index (χ1) is 17.7. The second kappa shape index (κ2) is 11.5. The normalized spacial score (nSPS) is 12.6. The van der Waals surface area contributed by atoms with Crippen LogP contribution in [0.4, 0.5) is 0 Å². The molecule has 0 aliphatic heterocycles. The summed E-state index contributed by atoms with van der Waals surface area (Å²) in [5, 5.41) is 9.76. The highest BCUT2D eigenvalue weighted by molar-refractivity contribution is 9.10. The minimum absolute atomic E-state index is 0.0986. The molecule has 0 aliphatic carbocycles. The maximum absolute atomic E-state index is 13.4. The molecule has 8 nitrogen and oxygen atoms in total. The standard InChI is InChI=1S/C27H31BrN4O4Si/c1-35-27(34)26(20-8-6-5-7-9-20)31-17-19(16-29-31)14-24(33)25-22-11-10-21(28)15-23(22)32(30-25)18-36-12-13-37(2,3)4/h5-11,15-17,26H,12-14,18H2,1-4H3. The summed E-state index contributed by atoms with van der Waals surface area (Å²) >= 11 is 3.52. The first kappa shape index (κ1) is 27.0. The molecule has 4 aromatic rings. The molecule has 2 aromatic heterocycles. The molecule has 1 atom stereocenters. The Hall–Kier alpha value is -3.08. The number of Topliss-reactive ketones (excluding diaryl/α,β-unsaturated/α-hetero) is 1. The molecule has 4 rings (SSSR count). The van der Waals surface area contributed by atoms with E-state index in [-0.39, 0.29) is 18.9 Å². The number of hydrogen-bond acceptors (Lipinski definition) is 6. The Morgan fingerprint density at radius 3 is 2.57 bits per heavy atom. The number of aromatic nitrogens is 4. The fourth-order valence-electron chi connectivity index (χ4n) is 4.00. The van der Waals surface area contributed by atoms with Gasteiger partial charge >= 0.3 is 5.97 Å². The fourth-order valence-corrected chi connectivity index (χ4v) is 5.11. The van der Waals surface area contributed by atoms with Gasteiger partial charge in [-0.1, -0.05) is 65.9 Å². The molecule has 0 aliphatic rings. The summed E-state index contributed by atoms with van der Waals surface area (Å²) in [7, 11) is 0.143. The van der Waals surface area contributed by atoms with Crippen LogP contribution >= 0.6 is 15.9 Å². The van der Waals surface area contributed by atoms with E-state index < -0.39 is 20.1 Å². The number of carbonyl (C=O) groups is 2. The smallest absolute Gasteiger partial charge is 0.335 e. The lowest BCUT2D eigenvalue weighted by molar-refractivity contribution is -0.143. The lowest BCUT2D eigenvalue weighted by Gasteiger charge is -2.15. The van der Waals surface area contributed by atoms with Crippen LogP contribution in [0.15, 0.2) is 65.4 Å². The molecule has 0 saturated heterocycles. The largest absolute Gasteiger partial charge is 0.467 e. The molecule has 0 N–H and O–H groups in total. The van der Waals surface area contributed by atoms with E-state index >= 15 is 0 Å². The summed E-state index contributed by atoms with van der Waals surface area (Å²) in [6, 6.07) is 15.3. The topological polar surface area (TPSA) is 88.2 Å². The Balaban J connectivity index is 1.55. The van der Waals surface area contributed by atoms with E-state index in [9.17, 15) is 9.59 Å². The molecular formula is C27H31BrN4O4Si. The summed E-state index contributed by atoms with van der Waals surface area (Å²) in [6.45, 7) is 7.87. The number of halogens is 1. The molecule has 194 valence electrons. The zero-order valence-corrected chi connectivity index (χ0v) is 24.1. The number of methoxy groups -OCH3 is 1. The van der Waals surface area contributed by atoms with Gasteiger partial charge in [0.05, 0.1) is 18.8 Å². The van der Waals surface area contributed by atoms with Crippen LogP contribution in [0.25, 0.3) is 10.9 Å². The Bertz CT molecular complexity index is 1390. The number of rotatable bonds is 11. The maximum Gasteiger partial charge on any atom is 0.335 e. The van der Waals surface area contributed by atoms with Crippen molar-refractivity contribution in [1.82, 2.24) is 19.6 Å². The third-order valence-electron chi connectivity index (χ3n) is 6.01. The van der Waals surface area contributed by atoms with Gasteiger partial charge in [0, 0.05) is 37.2 Å². The second-order valence-corrected chi connectivity index (χ2v) is 16.7. The molecule has 0 saturated carbocycles. The van der Waals surface area contributed by atoms with Crippen LogP contribution in [0, 0.1) is 0 Å². The summed E-state index contributed by atoms with van der Waals surface area (Å²) in [4.78, 5) is 25.9. The Kier molecular flexibility index (Phi) is 8.41. The average molecular weight is 584 g/mol. The number of nitrogens with zero attached hydrogens (tertiary/aromatic N) is 4. The summed E-state index contributed by atoms with van der Waals surface area (Å²) in [6.07, 6.45) is 3.41. The molecule has 37 heavy (non-hydrogen) atoms. The number of carbonyl (C=O) groups excluding carboxylic acids is 2. The maximum atomic E-state index is 13.4. The molecule has 2 aromatic carbocycles. The van der Waals surface area contributed by atoms with Crippen LogP contribution in [0.1, 0.15) is 27.7 Å². The third-order valence-corrected chi connectivity index (χ3v) is 8.21. The van der Waals surface area contributed by atoms with Gasteiger partial charge in [-0.3, -0.25) is 9.48 Å². The van der Waals surface area contributed by atoms with Crippen LogP contribution in [0.5, 0.6) is 0 Å². The quantitative estimate of drug-likeness (QED) is 0.100. The third kappa shape index (κ3) is 6.62. The first-order valence-corrected chi connectivity index (χ1v) is 16.6. The zero-order chi connectivity index (χ0) is 26.6. The van der Waals surface area contributed by atoms with E-state index in [1.54, 1.807) is 17.1 Å². The summed E-state index contributed by atoms with van der Waals surface area (Å²) in [5.74, 6) is -0.571. The number of esters is 1. The molecule has 0 fully saturated rings. The monoisotopic (exact) mass is 582 g/mol. The van der Waals surface area contributed by atoms with E-state index in [1.807, 2.05) is 48.5 Å². The highest BCUT2D eigenvalue weighted by atomic mass is 79.9. The van der Waals surface area contributed by atoms with Crippen LogP contribution < -0.4 is 0 Å². The number of fused-ring (bicyclic) bond motifs is 1. The van der Waals surface area contributed by atoms with Crippen LogP contribution in [-0.2, 0) is 27.4 Å². The first-order valence-electron chi connectivity index (χ1n) is 12.1. The van der Waals surface area contributed by atoms with Gasteiger partial charge in [0.15, 0.2) is 11.8 Å². The fraction of sp³-hybridized carbons (Fsp3) is 0.333. The predicted molar refractivity (Wildman–Crippen MR) is 148 cm³/mol. The van der Waals surface area contributed by atoms with Crippen LogP contribution in [0.3, 0.4) is 0 Å². The minimum atomic E-state index is -1.20. The van der Waals surface area contributed by atoms with Crippen molar-refractivity contribution in [3.63, 3.8) is 0 Å². The average Bonchev–Trinajstić information content (AvgIpc) is 3.46. The summed E-state index contributed by atoms with van der Waals surface area (Å²) < 4.78 is 15.1. The van der Waals surface area contributed by atoms with Crippen molar-refractivity contribution in [2.75, 3.05) is 13.7 Å². The van der Waals surface area contributed by atoms with E-state index in [4.69, 9.17) is 9.47 Å². The van der Waals surface area contributed by atoms with Crippen molar-refractivity contribution in [3.8, 4) is 0 Å². The number of ketones is 1. The van der Waals surface area contributed by atoms with Gasteiger partial charge in [0.25, 0.3) is 0 Å². The molecule has 0 radical (unpaired) electrons. The molecular weight excluding hydrogens is 552 g/mol. The van der Waals surface area contributed by atoms with E-state index in [0.29, 0.717) is 17.9 Å². The van der Waals surface area contributed by atoms with E-state index in [2.05, 4.69) is 45.8 Å². The van der Waals surface area contributed by atoms with Gasteiger partial charge in [0.1, 0.15) is 12.4 Å². The lowest BCUT2D eigenvalue weighted by atomic mass is 10.1. The van der Waals surface area contributed by atoms with E-state index in [0.717, 1.165) is 27.0 Å². The van der Waals surface area contributed by atoms with Gasteiger partial charge in [-0.25, -0.2) is 9.48 Å². The van der Waals surface area contributed by atoms with Crippen molar-refractivity contribution in [2.45, 2.75) is 44.9 Å². The number of hydrogen-bond donors (Lipinski definition) is 0. The molecule has 2 heterocycles. The van der Waals surface area contributed by atoms with Crippen molar-refractivity contribution in [3.05, 3.63) is 82.2 Å². The Morgan fingerprint density at radius 2 is 1.86 bits per heavy atom. The van der Waals surface area contributed by atoms with Gasteiger partial charge < -0.3 is 9.47 Å². The van der Waals surface area contributed by atoms with Gasteiger partial charge in [-0.05, 0) is 35.4 Å². The molecule has 0 bridgehead atoms. The highest BCUT2D eigenvalue weighted by Gasteiger charge is 2.25. The van der Waals surface area contributed by atoms with E-state index in [1.165, 1.54) is 11.8 Å². The van der Waals surface area contributed by atoms with Crippen LogP contribution in [0.2, 0.25) is 25.7 Å². The molecule has 10 heteroatoms. The van der Waals surface area contributed by atoms with Gasteiger partial charge in [0.2, 0.25) is 0 Å². The lowest BCUT2D eigenvalue weighted by Crippen LogP contribution is -2.22. The Morgan fingerprint density at radius 1 is 1.11 bits per heavy atom.